The fraction of sp³-hybridized carbons (Fsp3) is 0.250. The zero-order chi connectivity index (χ0) is 22.3. The zero-order valence-corrected chi connectivity index (χ0v) is 19.1. The van der Waals surface area contributed by atoms with Gasteiger partial charge in [0, 0.05) is 36.2 Å². The van der Waals surface area contributed by atoms with E-state index in [4.69, 9.17) is 9.15 Å². The number of morpholine rings is 1. The number of nitrogens with one attached hydrogen (secondary N) is 2. The van der Waals surface area contributed by atoms with Crippen LogP contribution in [0.5, 0.6) is 0 Å². The minimum Gasteiger partial charge on any atom is -0.451 e. The molecule has 0 bridgehead atoms. The van der Waals surface area contributed by atoms with Crippen LogP contribution in [0.15, 0.2) is 69.6 Å². The monoisotopic (exact) mass is 497 g/mol. The maximum atomic E-state index is 12.7. The third kappa shape index (κ3) is 5.64. The van der Waals surface area contributed by atoms with Crippen molar-refractivity contribution in [3.63, 3.8) is 0 Å². The first-order chi connectivity index (χ1) is 15.6. The van der Waals surface area contributed by atoms with E-state index in [9.17, 15) is 9.59 Å². The lowest BCUT2D eigenvalue weighted by atomic mass is 10.1. The van der Waals surface area contributed by atoms with E-state index in [1.165, 1.54) is 0 Å². The summed E-state index contributed by atoms with van der Waals surface area (Å²) in [4.78, 5) is 27.7. The van der Waals surface area contributed by atoms with Crippen molar-refractivity contribution in [2.45, 2.75) is 0 Å². The van der Waals surface area contributed by atoms with Crippen molar-refractivity contribution in [1.82, 2.24) is 10.2 Å². The molecule has 0 aliphatic carbocycles. The Labute approximate surface area is 194 Å². The van der Waals surface area contributed by atoms with Crippen LogP contribution in [0.4, 0.5) is 5.69 Å². The predicted molar refractivity (Wildman–Crippen MR) is 126 cm³/mol. The normalized spacial score (nSPS) is 14.2. The number of hydrogen-bond acceptors (Lipinski definition) is 5. The second-order valence-electron chi connectivity index (χ2n) is 7.38. The molecule has 1 aliphatic heterocycles. The molecule has 4 rings (SSSR count). The van der Waals surface area contributed by atoms with Crippen molar-refractivity contribution >= 4 is 33.4 Å². The molecular formula is C24H24BrN3O4. The average Bonchev–Trinajstić information content (AvgIpc) is 3.31. The third-order valence-electron chi connectivity index (χ3n) is 5.20. The van der Waals surface area contributed by atoms with Gasteiger partial charge in [-0.3, -0.25) is 14.5 Å². The van der Waals surface area contributed by atoms with Gasteiger partial charge in [-0.1, -0.05) is 40.2 Å². The van der Waals surface area contributed by atoms with Crippen LogP contribution in [-0.4, -0.2) is 56.1 Å². The number of carbonyl (C=O) groups is 2. The average molecular weight is 498 g/mol. The van der Waals surface area contributed by atoms with Gasteiger partial charge in [-0.2, -0.15) is 0 Å². The number of carbonyl (C=O) groups excluding carboxylic acids is 2. The summed E-state index contributed by atoms with van der Waals surface area (Å²) >= 11 is 3.40. The number of para-hydroxylation sites is 1. The molecule has 1 saturated heterocycles. The summed E-state index contributed by atoms with van der Waals surface area (Å²) in [5.41, 5.74) is 1.71. The van der Waals surface area contributed by atoms with E-state index in [2.05, 4.69) is 31.5 Å². The van der Waals surface area contributed by atoms with Crippen LogP contribution >= 0.6 is 15.9 Å². The number of hydrogen-bond donors (Lipinski definition) is 2. The van der Waals surface area contributed by atoms with Gasteiger partial charge in [0.1, 0.15) is 5.76 Å². The molecule has 1 aliphatic rings. The van der Waals surface area contributed by atoms with Gasteiger partial charge in [0.05, 0.1) is 24.5 Å². The summed E-state index contributed by atoms with van der Waals surface area (Å²) in [6, 6.07) is 17.9. The van der Waals surface area contributed by atoms with Crippen molar-refractivity contribution in [2.24, 2.45) is 0 Å². The van der Waals surface area contributed by atoms with Crippen molar-refractivity contribution in [3.8, 4) is 11.3 Å². The summed E-state index contributed by atoms with van der Waals surface area (Å²) in [5, 5.41) is 5.72. The van der Waals surface area contributed by atoms with Gasteiger partial charge in [0.2, 0.25) is 0 Å². The molecule has 7 nitrogen and oxygen atoms in total. The molecule has 32 heavy (non-hydrogen) atoms. The smallest absolute Gasteiger partial charge is 0.291 e. The number of anilines is 1. The molecule has 2 heterocycles. The second kappa shape index (κ2) is 10.6. The molecule has 2 amide bonds. The summed E-state index contributed by atoms with van der Waals surface area (Å²) in [6.07, 6.45) is 0. The standard InChI is InChI=1S/C24H24BrN3O4/c25-18-7-5-17(6-8-18)21-9-10-22(32-21)24(30)27-20-4-2-1-3-19(20)23(29)26-11-12-28-13-15-31-16-14-28/h1-10H,11-16H2,(H,26,29)(H,27,30). The minimum absolute atomic E-state index is 0.172. The summed E-state index contributed by atoms with van der Waals surface area (Å²) in [7, 11) is 0. The van der Waals surface area contributed by atoms with E-state index < -0.39 is 5.91 Å². The van der Waals surface area contributed by atoms with E-state index in [-0.39, 0.29) is 11.7 Å². The number of halogens is 1. The van der Waals surface area contributed by atoms with E-state index in [0.29, 0.717) is 23.6 Å². The Bertz CT molecular complexity index is 1070. The van der Waals surface area contributed by atoms with E-state index in [0.717, 1.165) is 42.9 Å². The van der Waals surface area contributed by atoms with Gasteiger partial charge in [0.15, 0.2) is 5.76 Å². The van der Waals surface area contributed by atoms with E-state index in [1.54, 1.807) is 36.4 Å². The molecular weight excluding hydrogens is 474 g/mol. The lowest BCUT2D eigenvalue weighted by Gasteiger charge is -2.26. The fourth-order valence-electron chi connectivity index (χ4n) is 3.45. The molecule has 2 aromatic carbocycles. The Morgan fingerprint density at radius 2 is 1.69 bits per heavy atom. The second-order valence-corrected chi connectivity index (χ2v) is 8.30. The fourth-order valence-corrected chi connectivity index (χ4v) is 3.72. The van der Waals surface area contributed by atoms with Crippen molar-refractivity contribution < 1.29 is 18.7 Å². The van der Waals surface area contributed by atoms with E-state index >= 15 is 0 Å². The molecule has 3 aromatic rings. The number of ether oxygens (including phenoxy) is 1. The van der Waals surface area contributed by atoms with Crippen molar-refractivity contribution in [2.75, 3.05) is 44.7 Å². The Morgan fingerprint density at radius 3 is 2.47 bits per heavy atom. The molecule has 0 atom stereocenters. The Kier molecular flexibility index (Phi) is 7.36. The maximum absolute atomic E-state index is 12.7. The lowest BCUT2D eigenvalue weighted by Crippen LogP contribution is -2.41. The summed E-state index contributed by atoms with van der Waals surface area (Å²) in [5.74, 6) is 0.119. The van der Waals surface area contributed by atoms with Gasteiger partial charge < -0.3 is 19.8 Å². The molecule has 0 radical (unpaired) electrons. The van der Waals surface area contributed by atoms with Gasteiger partial charge in [-0.05, 0) is 36.4 Å². The van der Waals surface area contributed by atoms with Gasteiger partial charge >= 0.3 is 0 Å². The summed E-state index contributed by atoms with van der Waals surface area (Å²) < 4.78 is 12.0. The summed E-state index contributed by atoms with van der Waals surface area (Å²) in [6.45, 7) is 4.46. The first kappa shape index (κ1) is 22.3. The third-order valence-corrected chi connectivity index (χ3v) is 5.72. The van der Waals surface area contributed by atoms with Gasteiger partial charge in [0.25, 0.3) is 11.8 Å². The quantitative estimate of drug-likeness (QED) is 0.514. The topological polar surface area (TPSA) is 83.8 Å². The Morgan fingerprint density at radius 1 is 0.938 bits per heavy atom. The van der Waals surface area contributed by atoms with Crippen LogP contribution in [-0.2, 0) is 4.74 Å². The highest BCUT2D eigenvalue weighted by atomic mass is 79.9. The molecule has 0 saturated carbocycles. The number of amides is 2. The van der Waals surface area contributed by atoms with Crippen LogP contribution in [0.2, 0.25) is 0 Å². The Hall–Kier alpha value is -2.94. The number of benzene rings is 2. The largest absolute Gasteiger partial charge is 0.451 e. The maximum Gasteiger partial charge on any atom is 0.291 e. The van der Waals surface area contributed by atoms with Crippen LogP contribution in [0, 0.1) is 0 Å². The molecule has 8 heteroatoms. The highest BCUT2D eigenvalue weighted by Crippen LogP contribution is 2.25. The van der Waals surface area contributed by atoms with Crippen molar-refractivity contribution in [3.05, 3.63) is 76.5 Å². The molecule has 2 N–H and O–H groups in total. The predicted octanol–water partition coefficient (Wildman–Crippen LogP) is 4.02. The highest BCUT2D eigenvalue weighted by Gasteiger charge is 2.17. The first-order valence-corrected chi connectivity index (χ1v) is 11.2. The zero-order valence-electron chi connectivity index (χ0n) is 17.5. The van der Waals surface area contributed by atoms with E-state index in [1.807, 2.05) is 24.3 Å². The SMILES string of the molecule is O=C(Nc1ccccc1C(=O)NCCN1CCOCC1)c1ccc(-c2ccc(Br)cc2)o1. The minimum atomic E-state index is -0.415. The number of rotatable bonds is 7. The number of furan rings is 1. The first-order valence-electron chi connectivity index (χ1n) is 10.4. The van der Waals surface area contributed by atoms with Gasteiger partial charge in [-0.15, -0.1) is 0 Å². The van der Waals surface area contributed by atoms with Crippen molar-refractivity contribution in [1.29, 1.82) is 0 Å². The molecule has 0 spiro atoms. The Balaban J connectivity index is 1.38. The van der Waals surface area contributed by atoms with Crippen LogP contribution in [0.1, 0.15) is 20.9 Å². The molecule has 0 unspecified atom stereocenters. The number of nitrogens with zero attached hydrogens (tertiary/aromatic N) is 1. The molecule has 1 fully saturated rings. The van der Waals surface area contributed by atoms with Crippen LogP contribution in [0.25, 0.3) is 11.3 Å². The van der Waals surface area contributed by atoms with Crippen LogP contribution < -0.4 is 10.6 Å². The molecule has 1 aromatic heterocycles. The highest BCUT2D eigenvalue weighted by molar-refractivity contribution is 9.10. The molecule has 166 valence electrons. The lowest BCUT2D eigenvalue weighted by molar-refractivity contribution is 0.0383. The van der Waals surface area contributed by atoms with Gasteiger partial charge in [-0.25, -0.2) is 0 Å². The van der Waals surface area contributed by atoms with Crippen LogP contribution in [0.3, 0.4) is 0 Å².